The molecule has 2 unspecified atom stereocenters. The summed E-state index contributed by atoms with van der Waals surface area (Å²) in [6.07, 6.45) is 3.27. The molecule has 5 heteroatoms. The maximum atomic E-state index is 13.0. The lowest BCUT2D eigenvalue weighted by molar-refractivity contribution is 0.157. The molecule has 120 valence electrons. The van der Waals surface area contributed by atoms with Gasteiger partial charge in [-0.3, -0.25) is 0 Å². The van der Waals surface area contributed by atoms with Gasteiger partial charge in [-0.25, -0.2) is 9.07 Å². The van der Waals surface area contributed by atoms with Crippen LogP contribution in [0.5, 0.6) is 0 Å². The molecule has 4 nitrogen and oxygen atoms in total. The zero-order chi connectivity index (χ0) is 16.1. The van der Waals surface area contributed by atoms with Gasteiger partial charge in [-0.1, -0.05) is 13.3 Å². The fourth-order valence-corrected chi connectivity index (χ4v) is 2.55. The number of aliphatic hydroxyl groups excluding tert-OH is 1. The van der Waals surface area contributed by atoms with Gasteiger partial charge < -0.3 is 10.4 Å². The summed E-state index contributed by atoms with van der Waals surface area (Å²) in [5.41, 5.74) is 2.92. The Bertz CT molecular complexity index is 594. The molecule has 2 N–H and O–H groups in total. The van der Waals surface area contributed by atoms with Gasteiger partial charge in [0, 0.05) is 23.8 Å². The number of halogens is 1. The minimum absolute atomic E-state index is 0.0979. The lowest BCUT2D eigenvalue weighted by atomic mass is 10.1. The quantitative estimate of drug-likeness (QED) is 0.826. The van der Waals surface area contributed by atoms with E-state index in [1.165, 1.54) is 12.1 Å². The summed E-state index contributed by atoms with van der Waals surface area (Å²) >= 11 is 0. The lowest BCUT2D eigenvalue weighted by Crippen LogP contribution is -2.29. The molecule has 2 rings (SSSR count). The molecule has 0 aliphatic carbocycles. The summed E-state index contributed by atoms with van der Waals surface area (Å²) in [5, 5.41) is 17.5. The lowest BCUT2D eigenvalue weighted by Gasteiger charge is -2.17. The van der Waals surface area contributed by atoms with Crippen molar-refractivity contribution in [2.75, 3.05) is 6.54 Å². The molecule has 0 fully saturated rings. The van der Waals surface area contributed by atoms with Crippen LogP contribution in [0.15, 0.2) is 30.5 Å². The molecular weight excluding hydrogens is 281 g/mol. The fraction of sp³-hybridized carbons (Fsp3) is 0.471. The van der Waals surface area contributed by atoms with Gasteiger partial charge in [0.2, 0.25) is 0 Å². The highest BCUT2D eigenvalue weighted by atomic mass is 19.1. The van der Waals surface area contributed by atoms with Crippen LogP contribution in [0, 0.1) is 12.7 Å². The summed E-state index contributed by atoms with van der Waals surface area (Å²) in [5.74, 6) is -0.256. The zero-order valence-corrected chi connectivity index (χ0v) is 13.4. The van der Waals surface area contributed by atoms with Crippen LogP contribution in [0.1, 0.15) is 44.0 Å². The zero-order valence-electron chi connectivity index (χ0n) is 13.4. The van der Waals surface area contributed by atoms with E-state index in [2.05, 4.69) is 24.3 Å². The Morgan fingerprint density at radius 3 is 2.64 bits per heavy atom. The molecule has 0 spiro atoms. The van der Waals surface area contributed by atoms with E-state index >= 15 is 0 Å². The molecule has 0 radical (unpaired) electrons. The third-order valence-corrected chi connectivity index (χ3v) is 3.87. The molecule has 0 saturated carbocycles. The molecule has 1 aromatic carbocycles. The normalized spacial score (nSPS) is 14.0. The largest absolute Gasteiger partial charge is 0.392 e. The van der Waals surface area contributed by atoms with Crippen molar-refractivity contribution in [1.29, 1.82) is 0 Å². The highest BCUT2D eigenvalue weighted by Crippen LogP contribution is 2.20. The van der Waals surface area contributed by atoms with E-state index in [4.69, 9.17) is 0 Å². The summed E-state index contributed by atoms with van der Waals surface area (Å²) < 4.78 is 14.8. The van der Waals surface area contributed by atoms with Crippen LogP contribution < -0.4 is 5.32 Å². The molecule has 0 aliphatic heterocycles. The predicted molar refractivity (Wildman–Crippen MR) is 85.6 cm³/mol. The van der Waals surface area contributed by atoms with Gasteiger partial charge in [0.1, 0.15) is 5.82 Å². The second-order valence-corrected chi connectivity index (χ2v) is 5.65. The fourth-order valence-electron chi connectivity index (χ4n) is 2.55. The Hall–Kier alpha value is -1.72. The molecule has 22 heavy (non-hydrogen) atoms. The molecule has 2 atom stereocenters. The van der Waals surface area contributed by atoms with Crippen molar-refractivity contribution in [3.05, 3.63) is 47.5 Å². The van der Waals surface area contributed by atoms with Crippen LogP contribution in [0.3, 0.4) is 0 Å². The number of aliphatic hydroxyl groups is 1. The number of benzene rings is 1. The van der Waals surface area contributed by atoms with Crippen molar-refractivity contribution in [2.24, 2.45) is 0 Å². The predicted octanol–water partition coefficient (Wildman–Crippen LogP) is 3.13. The Balaban J connectivity index is 2.08. The van der Waals surface area contributed by atoms with E-state index in [0.29, 0.717) is 6.54 Å². The molecule has 1 heterocycles. The Morgan fingerprint density at radius 1 is 1.32 bits per heavy atom. The average molecular weight is 305 g/mol. The van der Waals surface area contributed by atoms with E-state index in [1.807, 2.05) is 13.1 Å². The van der Waals surface area contributed by atoms with Crippen LogP contribution in [-0.4, -0.2) is 27.5 Å². The van der Waals surface area contributed by atoms with Crippen molar-refractivity contribution in [1.82, 2.24) is 15.1 Å². The summed E-state index contributed by atoms with van der Waals surface area (Å²) in [6.45, 7) is 6.67. The highest BCUT2D eigenvalue weighted by Gasteiger charge is 2.15. The van der Waals surface area contributed by atoms with Crippen LogP contribution in [-0.2, 0) is 0 Å². The molecule has 2 aromatic rings. The third kappa shape index (κ3) is 3.93. The number of aromatic nitrogens is 2. The number of rotatable bonds is 7. The number of hydrogen-bond donors (Lipinski definition) is 2. The van der Waals surface area contributed by atoms with Gasteiger partial charge in [-0.15, -0.1) is 0 Å². The monoisotopic (exact) mass is 305 g/mol. The van der Waals surface area contributed by atoms with Gasteiger partial charge >= 0.3 is 0 Å². The van der Waals surface area contributed by atoms with Crippen LogP contribution in [0.25, 0.3) is 5.69 Å². The van der Waals surface area contributed by atoms with Gasteiger partial charge in [0.05, 0.1) is 18.0 Å². The SMILES string of the molecule is CCCC(O)CNC(C)c1cnn(-c2ccc(F)cc2)c1C. The summed E-state index contributed by atoms with van der Waals surface area (Å²) in [4.78, 5) is 0. The summed E-state index contributed by atoms with van der Waals surface area (Å²) in [6, 6.07) is 6.38. The van der Waals surface area contributed by atoms with E-state index in [9.17, 15) is 9.50 Å². The van der Waals surface area contributed by atoms with Crippen molar-refractivity contribution < 1.29 is 9.50 Å². The van der Waals surface area contributed by atoms with Crippen molar-refractivity contribution in [3.8, 4) is 5.69 Å². The van der Waals surface area contributed by atoms with E-state index in [-0.39, 0.29) is 18.0 Å². The maximum absolute atomic E-state index is 13.0. The Morgan fingerprint density at radius 2 is 2.00 bits per heavy atom. The Labute approximate surface area is 131 Å². The van der Waals surface area contributed by atoms with E-state index in [1.54, 1.807) is 16.8 Å². The van der Waals surface area contributed by atoms with Crippen molar-refractivity contribution >= 4 is 0 Å². The first kappa shape index (κ1) is 16.6. The standard InChI is InChI=1S/C17H24FN3O/c1-4-5-16(22)10-19-12(2)17-11-20-21(13(17)3)15-8-6-14(18)7-9-15/h6-9,11-12,16,19,22H,4-5,10H2,1-3H3. The van der Waals surface area contributed by atoms with Crippen LogP contribution in [0.2, 0.25) is 0 Å². The first-order valence-electron chi connectivity index (χ1n) is 7.74. The second-order valence-electron chi connectivity index (χ2n) is 5.65. The van der Waals surface area contributed by atoms with Gasteiger partial charge in [0.15, 0.2) is 0 Å². The second kappa shape index (κ2) is 7.51. The smallest absolute Gasteiger partial charge is 0.123 e. The number of hydrogen-bond acceptors (Lipinski definition) is 3. The molecule has 0 saturated heterocycles. The van der Waals surface area contributed by atoms with Crippen LogP contribution in [0.4, 0.5) is 4.39 Å². The number of nitrogens with one attached hydrogen (secondary N) is 1. The topological polar surface area (TPSA) is 50.1 Å². The minimum Gasteiger partial charge on any atom is -0.392 e. The molecular formula is C17H24FN3O. The van der Waals surface area contributed by atoms with Gasteiger partial charge in [-0.2, -0.15) is 5.10 Å². The van der Waals surface area contributed by atoms with Crippen molar-refractivity contribution in [2.45, 2.75) is 45.8 Å². The molecule has 0 aliphatic rings. The van der Waals surface area contributed by atoms with Gasteiger partial charge in [0.25, 0.3) is 0 Å². The number of nitrogens with zero attached hydrogens (tertiary/aromatic N) is 2. The Kier molecular flexibility index (Phi) is 5.69. The van der Waals surface area contributed by atoms with Crippen molar-refractivity contribution in [3.63, 3.8) is 0 Å². The molecule has 0 bridgehead atoms. The average Bonchev–Trinajstić information content (AvgIpc) is 2.88. The maximum Gasteiger partial charge on any atom is 0.123 e. The molecule has 0 amide bonds. The van der Waals surface area contributed by atoms with E-state index in [0.717, 1.165) is 29.8 Å². The molecule has 1 aromatic heterocycles. The third-order valence-electron chi connectivity index (χ3n) is 3.87. The first-order valence-corrected chi connectivity index (χ1v) is 7.74. The van der Waals surface area contributed by atoms with Gasteiger partial charge in [-0.05, 0) is 44.5 Å². The van der Waals surface area contributed by atoms with E-state index < -0.39 is 0 Å². The summed E-state index contributed by atoms with van der Waals surface area (Å²) in [7, 11) is 0. The highest BCUT2D eigenvalue weighted by molar-refractivity contribution is 5.35. The first-order chi connectivity index (χ1) is 10.5. The van der Waals surface area contributed by atoms with Crippen LogP contribution >= 0.6 is 0 Å². The minimum atomic E-state index is -0.320.